The van der Waals surface area contributed by atoms with Gasteiger partial charge in [0.05, 0.1) is 0 Å². The number of nitrogens with zero attached hydrogens (tertiary/aromatic N) is 1. The minimum absolute atomic E-state index is 0. The molecule has 1 atom stereocenters. The Kier molecular flexibility index (Phi) is 8.10. The van der Waals surface area contributed by atoms with Crippen molar-refractivity contribution in [1.82, 2.24) is 0 Å². The zero-order chi connectivity index (χ0) is 15.3. The van der Waals surface area contributed by atoms with Crippen LogP contribution in [0.25, 0.3) is 0 Å². The average Bonchev–Trinajstić information content (AvgIpc) is 2.62. The van der Waals surface area contributed by atoms with E-state index in [9.17, 15) is 5.26 Å². The largest absolute Gasteiger partial charge is 0.194 e. The maximum Gasteiger partial charge on any atom is 0.159 e. The summed E-state index contributed by atoms with van der Waals surface area (Å²) in [5, 5.41) is 13.3. The minimum atomic E-state index is -1.91. The first kappa shape index (κ1) is 20.3. The van der Waals surface area contributed by atoms with Crippen LogP contribution in [0.15, 0.2) is 91.0 Å². The molecule has 0 fully saturated rings. The fourth-order valence-corrected chi connectivity index (χ4v) is 6.57. The maximum absolute atomic E-state index is 9.56. The van der Waals surface area contributed by atoms with E-state index < -0.39 is 7.26 Å². The summed E-state index contributed by atoms with van der Waals surface area (Å²) in [7, 11) is -1.91. The van der Waals surface area contributed by atoms with Crippen molar-refractivity contribution in [2.24, 2.45) is 0 Å². The first-order valence-electron chi connectivity index (χ1n) is 7.30. The van der Waals surface area contributed by atoms with Gasteiger partial charge in [-0.1, -0.05) is 54.6 Å². The molecule has 1 nitrogen and oxygen atoms in total. The Morgan fingerprint density at radius 1 is 0.625 bits per heavy atom. The van der Waals surface area contributed by atoms with Crippen molar-refractivity contribution in [3.63, 3.8) is 0 Å². The first-order chi connectivity index (χ1) is 10.9. The summed E-state index contributed by atoms with van der Waals surface area (Å²) in [6.45, 7) is 0. The zero-order valence-electron chi connectivity index (χ0n) is 13.4. The summed E-state index contributed by atoms with van der Waals surface area (Å²) in [6.07, 6.45) is 0.519. The van der Waals surface area contributed by atoms with E-state index in [0.717, 1.165) is 0 Å². The van der Waals surface area contributed by atoms with E-state index >= 15 is 0 Å². The fourth-order valence-electron chi connectivity index (χ4n) is 2.87. The predicted octanol–water partition coefficient (Wildman–Crippen LogP) is 3.98. The van der Waals surface area contributed by atoms with Crippen LogP contribution in [0.3, 0.4) is 0 Å². The summed E-state index contributed by atoms with van der Waals surface area (Å²) in [5.41, 5.74) is 0. The molecule has 122 valence electrons. The summed E-state index contributed by atoms with van der Waals surface area (Å²) < 4.78 is 0. The molecule has 1 unspecified atom stereocenters. The zero-order valence-corrected chi connectivity index (χ0v) is 16.5. The Labute approximate surface area is 154 Å². The molecule has 0 N–H and O–H groups in total. The highest BCUT2D eigenvalue weighted by atomic mass is 35.5. The second kappa shape index (κ2) is 9.56. The summed E-state index contributed by atoms with van der Waals surface area (Å²) in [6, 6.07) is 33.9. The van der Waals surface area contributed by atoms with Crippen LogP contribution in [0.4, 0.5) is 0 Å². The minimum Gasteiger partial charge on any atom is -0.194 e. The molecule has 0 saturated carbocycles. The van der Waals surface area contributed by atoms with Crippen LogP contribution >= 0.6 is 29.6 Å². The van der Waals surface area contributed by atoms with Crippen LogP contribution in [0.2, 0.25) is 0 Å². The van der Waals surface area contributed by atoms with Gasteiger partial charge in [-0.15, -0.1) is 12.4 Å². The normalized spacial score (nSPS) is 9.96. The molecule has 0 bridgehead atoms. The number of halogens is 1. The quantitative estimate of drug-likeness (QED) is 0.635. The van der Waals surface area contributed by atoms with Gasteiger partial charge in [-0.05, 0) is 36.4 Å². The highest BCUT2D eigenvalue weighted by Crippen LogP contribution is 2.54. The third kappa shape index (κ3) is 3.85. The molecule has 3 rings (SSSR count). The molecule has 0 saturated heterocycles. The van der Waals surface area contributed by atoms with Crippen molar-refractivity contribution in [3.8, 4) is 6.07 Å². The second-order valence-corrected chi connectivity index (χ2v) is 8.62. The predicted molar refractivity (Wildman–Crippen MR) is 114 cm³/mol. The number of hydrogen-bond donors (Lipinski definition) is 0. The number of rotatable bonds is 4. The molecule has 0 aliphatic carbocycles. The number of hydrogen-bond acceptors (Lipinski definition) is 1. The molecule has 4 heteroatoms. The Morgan fingerprint density at radius 2 is 0.917 bits per heavy atom. The lowest BCUT2D eigenvalue weighted by Gasteiger charge is -2.25. The summed E-state index contributed by atoms with van der Waals surface area (Å²) in [5.74, 6) is 0. The number of benzene rings is 3. The fraction of sp³-hybridized carbons (Fsp3) is 0.0500. The van der Waals surface area contributed by atoms with Gasteiger partial charge in [-0.25, -0.2) is 0 Å². The van der Waals surface area contributed by atoms with Gasteiger partial charge in [0, 0.05) is 0 Å². The van der Waals surface area contributed by atoms with Gasteiger partial charge < -0.3 is 0 Å². The maximum atomic E-state index is 9.56. The van der Waals surface area contributed by atoms with E-state index in [1.54, 1.807) is 0 Å². The monoisotopic (exact) mass is 372 g/mol. The van der Waals surface area contributed by atoms with Crippen LogP contribution in [0, 0.1) is 11.3 Å². The molecule has 0 aliphatic heterocycles. The molecule has 0 aliphatic rings. The number of nitriles is 1. The van der Waals surface area contributed by atoms with Crippen LogP contribution in [-0.4, -0.2) is 6.16 Å². The first-order valence-corrected chi connectivity index (χ1v) is 9.27. The highest BCUT2D eigenvalue weighted by Gasteiger charge is 2.45. The van der Waals surface area contributed by atoms with Crippen molar-refractivity contribution in [2.45, 2.75) is 0 Å². The van der Waals surface area contributed by atoms with E-state index in [1.807, 2.05) is 18.2 Å². The second-order valence-electron chi connectivity index (χ2n) is 5.13. The molecule has 3 aromatic rings. The highest BCUT2D eigenvalue weighted by molar-refractivity contribution is 7.95. The van der Waals surface area contributed by atoms with Crippen molar-refractivity contribution in [2.75, 3.05) is 6.16 Å². The van der Waals surface area contributed by atoms with Crippen molar-refractivity contribution in [1.29, 1.82) is 5.26 Å². The molecule has 0 radical (unpaired) electrons. The van der Waals surface area contributed by atoms with Gasteiger partial charge in [0.1, 0.15) is 29.2 Å². The Bertz CT molecular complexity index is 674. The molecule has 0 aromatic heterocycles. The third-order valence-corrected chi connectivity index (χ3v) is 8.05. The molecular weight excluding hydrogens is 352 g/mol. The van der Waals surface area contributed by atoms with E-state index in [0.29, 0.717) is 6.16 Å². The van der Waals surface area contributed by atoms with Crippen LogP contribution in [0.1, 0.15) is 0 Å². The molecule has 0 amide bonds. The standard InChI is InChI=1S/C20H17NP.ClH.H3P/c21-16-17-22(18-10-4-1-5-11-18,19-12-6-2-7-13-19)20-14-8-3-9-15-20;;/h1-15H,17H2;1H;1H3/q+1;;. The Morgan fingerprint density at radius 3 is 1.17 bits per heavy atom. The molecule has 0 spiro atoms. The van der Waals surface area contributed by atoms with Crippen molar-refractivity contribution in [3.05, 3.63) is 91.0 Å². The van der Waals surface area contributed by atoms with Gasteiger partial charge >= 0.3 is 0 Å². The van der Waals surface area contributed by atoms with Crippen LogP contribution in [0.5, 0.6) is 0 Å². The van der Waals surface area contributed by atoms with Crippen molar-refractivity contribution < 1.29 is 0 Å². The third-order valence-electron chi connectivity index (χ3n) is 3.90. The van der Waals surface area contributed by atoms with Gasteiger partial charge in [0.2, 0.25) is 0 Å². The lowest BCUT2D eigenvalue weighted by molar-refractivity contribution is 1.48. The Hall–Kier alpha value is -1.70. The van der Waals surface area contributed by atoms with Crippen LogP contribution < -0.4 is 15.9 Å². The lowest BCUT2D eigenvalue weighted by atomic mass is 10.4. The SMILES string of the molecule is Cl.N#CC[P+](c1ccccc1)(c1ccccc1)c1ccccc1.P. The average molecular weight is 373 g/mol. The van der Waals surface area contributed by atoms with E-state index in [2.05, 4.69) is 78.9 Å². The Balaban J connectivity index is 0.00000144. The van der Waals surface area contributed by atoms with Gasteiger partial charge in [-0.2, -0.15) is 15.2 Å². The molecule has 3 aromatic carbocycles. The van der Waals surface area contributed by atoms with Crippen molar-refractivity contribution >= 4 is 45.5 Å². The van der Waals surface area contributed by atoms with E-state index in [-0.39, 0.29) is 22.3 Å². The molecular formula is C20H21ClNP2+. The van der Waals surface area contributed by atoms with Gasteiger partial charge in [0.15, 0.2) is 6.16 Å². The van der Waals surface area contributed by atoms with E-state index in [4.69, 9.17) is 0 Å². The summed E-state index contributed by atoms with van der Waals surface area (Å²) in [4.78, 5) is 0. The lowest BCUT2D eigenvalue weighted by Crippen LogP contribution is -2.32. The van der Waals surface area contributed by atoms with Crippen LogP contribution in [-0.2, 0) is 0 Å². The smallest absolute Gasteiger partial charge is 0.159 e. The molecule has 0 heterocycles. The molecule has 24 heavy (non-hydrogen) atoms. The summed E-state index contributed by atoms with van der Waals surface area (Å²) >= 11 is 0. The topological polar surface area (TPSA) is 23.8 Å². The van der Waals surface area contributed by atoms with E-state index in [1.165, 1.54) is 15.9 Å². The van der Waals surface area contributed by atoms with Gasteiger partial charge in [0.25, 0.3) is 0 Å². The van der Waals surface area contributed by atoms with Gasteiger partial charge in [-0.3, -0.25) is 0 Å².